The first-order valence-electron chi connectivity index (χ1n) is 7.84. The predicted octanol–water partition coefficient (Wildman–Crippen LogP) is 3.18. The Bertz CT molecular complexity index is 459. The van der Waals surface area contributed by atoms with E-state index in [4.69, 9.17) is 20.3 Å². The van der Waals surface area contributed by atoms with Crippen LogP contribution in [-0.4, -0.2) is 23.9 Å². The van der Waals surface area contributed by atoms with E-state index in [0.717, 1.165) is 49.2 Å². The Morgan fingerprint density at radius 2 is 2.05 bits per heavy atom. The van der Waals surface area contributed by atoms with E-state index < -0.39 is 0 Å². The van der Waals surface area contributed by atoms with E-state index in [1.54, 1.807) is 0 Å². The number of aliphatic hydroxyl groups excluding tert-OH is 1. The van der Waals surface area contributed by atoms with Gasteiger partial charge in [0.25, 0.3) is 0 Å². The number of fused-ring (bicyclic) bond motifs is 1. The van der Waals surface area contributed by atoms with Crippen LogP contribution in [0.5, 0.6) is 11.5 Å². The number of rotatable bonds is 7. The summed E-state index contributed by atoms with van der Waals surface area (Å²) in [4.78, 5) is 0. The number of ether oxygens (including phenoxy) is 2. The van der Waals surface area contributed by atoms with Gasteiger partial charge >= 0.3 is 0 Å². The van der Waals surface area contributed by atoms with Gasteiger partial charge < -0.3 is 20.3 Å². The first kappa shape index (κ1) is 16.1. The van der Waals surface area contributed by atoms with Crippen LogP contribution in [0.1, 0.15) is 57.6 Å². The number of nitrogens with two attached hydrogens (primary N) is 1. The second-order valence-corrected chi connectivity index (χ2v) is 6.36. The van der Waals surface area contributed by atoms with E-state index in [0.29, 0.717) is 6.61 Å². The van der Waals surface area contributed by atoms with Gasteiger partial charge in [-0.3, -0.25) is 0 Å². The normalized spacial score (nSPS) is 19.7. The summed E-state index contributed by atoms with van der Waals surface area (Å²) >= 11 is 0. The molecule has 118 valence electrons. The molecule has 21 heavy (non-hydrogen) atoms. The maximum absolute atomic E-state index is 8.72. The molecule has 1 aliphatic rings. The summed E-state index contributed by atoms with van der Waals surface area (Å²) in [7, 11) is 0. The number of unbranched alkanes of at least 4 members (excludes halogenated alkanes) is 3. The van der Waals surface area contributed by atoms with Crippen LogP contribution in [0.4, 0.5) is 0 Å². The van der Waals surface area contributed by atoms with Crippen molar-refractivity contribution in [1.82, 2.24) is 0 Å². The predicted molar refractivity (Wildman–Crippen MR) is 83.7 cm³/mol. The molecule has 0 saturated heterocycles. The summed E-state index contributed by atoms with van der Waals surface area (Å²) in [6.07, 6.45) is 4.84. The zero-order valence-corrected chi connectivity index (χ0v) is 13.1. The zero-order chi connectivity index (χ0) is 15.3. The SMILES string of the molecule is CC1(C)CC(N)c2ccc(OCCCCCCO)cc2O1. The molecule has 1 unspecified atom stereocenters. The van der Waals surface area contributed by atoms with Crippen LogP contribution < -0.4 is 15.2 Å². The Kier molecular flexibility index (Phi) is 5.48. The number of hydrogen-bond acceptors (Lipinski definition) is 4. The molecule has 1 aromatic carbocycles. The largest absolute Gasteiger partial charge is 0.493 e. The van der Waals surface area contributed by atoms with Gasteiger partial charge in [0, 0.05) is 30.7 Å². The molecule has 0 aliphatic carbocycles. The fourth-order valence-corrected chi connectivity index (χ4v) is 2.74. The molecule has 0 aromatic heterocycles. The third-order valence-electron chi connectivity index (χ3n) is 3.80. The highest BCUT2D eigenvalue weighted by Gasteiger charge is 2.31. The van der Waals surface area contributed by atoms with E-state index >= 15 is 0 Å². The zero-order valence-electron chi connectivity index (χ0n) is 13.1. The van der Waals surface area contributed by atoms with Gasteiger partial charge in [-0.15, -0.1) is 0 Å². The van der Waals surface area contributed by atoms with Gasteiger partial charge in [0.1, 0.15) is 17.1 Å². The van der Waals surface area contributed by atoms with Gasteiger partial charge in [0.15, 0.2) is 0 Å². The van der Waals surface area contributed by atoms with Crippen LogP contribution in [0.3, 0.4) is 0 Å². The maximum Gasteiger partial charge on any atom is 0.128 e. The molecular weight excluding hydrogens is 266 g/mol. The average Bonchev–Trinajstić information content (AvgIpc) is 2.41. The molecule has 2 rings (SSSR count). The van der Waals surface area contributed by atoms with Crippen LogP contribution in [0.25, 0.3) is 0 Å². The Labute approximate surface area is 127 Å². The van der Waals surface area contributed by atoms with Crippen molar-refractivity contribution in [3.63, 3.8) is 0 Å². The van der Waals surface area contributed by atoms with Gasteiger partial charge in [-0.05, 0) is 39.2 Å². The van der Waals surface area contributed by atoms with Crippen LogP contribution >= 0.6 is 0 Å². The minimum Gasteiger partial charge on any atom is -0.493 e. The van der Waals surface area contributed by atoms with Crippen molar-refractivity contribution >= 4 is 0 Å². The Balaban J connectivity index is 1.89. The number of aliphatic hydroxyl groups is 1. The van der Waals surface area contributed by atoms with Crippen molar-refractivity contribution in [1.29, 1.82) is 0 Å². The van der Waals surface area contributed by atoms with Crippen molar-refractivity contribution in [3.8, 4) is 11.5 Å². The maximum atomic E-state index is 8.72. The fourth-order valence-electron chi connectivity index (χ4n) is 2.74. The minimum absolute atomic E-state index is 0.0243. The molecule has 0 amide bonds. The van der Waals surface area contributed by atoms with Crippen molar-refractivity contribution in [2.45, 2.75) is 57.6 Å². The molecule has 0 fully saturated rings. The van der Waals surface area contributed by atoms with Crippen molar-refractivity contribution in [3.05, 3.63) is 23.8 Å². The first-order valence-corrected chi connectivity index (χ1v) is 7.84. The van der Waals surface area contributed by atoms with Gasteiger partial charge in [-0.1, -0.05) is 12.5 Å². The third-order valence-corrected chi connectivity index (χ3v) is 3.80. The number of hydrogen-bond donors (Lipinski definition) is 2. The summed E-state index contributed by atoms with van der Waals surface area (Å²) in [6, 6.07) is 5.95. The Morgan fingerprint density at radius 1 is 1.29 bits per heavy atom. The molecule has 1 aromatic rings. The van der Waals surface area contributed by atoms with E-state index in [1.165, 1.54) is 0 Å². The molecule has 0 spiro atoms. The van der Waals surface area contributed by atoms with Crippen LogP contribution in [-0.2, 0) is 0 Å². The highest BCUT2D eigenvalue weighted by Crippen LogP contribution is 2.39. The van der Waals surface area contributed by atoms with E-state index in [9.17, 15) is 0 Å². The van der Waals surface area contributed by atoms with Gasteiger partial charge in [-0.25, -0.2) is 0 Å². The highest BCUT2D eigenvalue weighted by atomic mass is 16.5. The Morgan fingerprint density at radius 3 is 2.81 bits per heavy atom. The summed E-state index contributed by atoms with van der Waals surface area (Å²) in [6.45, 7) is 5.09. The average molecular weight is 293 g/mol. The smallest absolute Gasteiger partial charge is 0.128 e. The van der Waals surface area contributed by atoms with E-state index in [2.05, 4.69) is 13.8 Å². The van der Waals surface area contributed by atoms with Crippen LogP contribution in [0, 0.1) is 0 Å². The molecule has 1 aliphatic heterocycles. The molecule has 1 heterocycles. The highest BCUT2D eigenvalue weighted by molar-refractivity contribution is 5.44. The third kappa shape index (κ3) is 4.61. The van der Waals surface area contributed by atoms with Crippen molar-refractivity contribution in [2.75, 3.05) is 13.2 Å². The summed E-state index contributed by atoms with van der Waals surface area (Å²) in [5.74, 6) is 1.68. The quantitative estimate of drug-likeness (QED) is 0.758. The van der Waals surface area contributed by atoms with Gasteiger partial charge in [-0.2, -0.15) is 0 Å². The molecular formula is C17H27NO3. The second kappa shape index (κ2) is 7.14. The summed E-state index contributed by atoms with van der Waals surface area (Å²) in [5, 5.41) is 8.72. The monoisotopic (exact) mass is 293 g/mol. The molecule has 4 nitrogen and oxygen atoms in total. The topological polar surface area (TPSA) is 64.7 Å². The van der Waals surface area contributed by atoms with Crippen LogP contribution in [0.15, 0.2) is 18.2 Å². The lowest BCUT2D eigenvalue weighted by Gasteiger charge is -2.36. The van der Waals surface area contributed by atoms with Crippen molar-refractivity contribution in [2.24, 2.45) is 5.73 Å². The van der Waals surface area contributed by atoms with Gasteiger partial charge in [0.2, 0.25) is 0 Å². The standard InChI is InChI=1S/C17H27NO3/c1-17(2)12-15(18)14-8-7-13(11-16(14)21-17)20-10-6-4-3-5-9-19/h7-8,11,15,19H,3-6,9-10,12,18H2,1-2H3. The molecule has 0 saturated carbocycles. The van der Waals surface area contributed by atoms with Crippen molar-refractivity contribution < 1.29 is 14.6 Å². The summed E-state index contributed by atoms with van der Waals surface area (Å²) < 4.78 is 11.8. The van der Waals surface area contributed by atoms with Crippen LogP contribution in [0.2, 0.25) is 0 Å². The lowest BCUT2D eigenvalue weighted by molar-refractivity contribution is 0.0724. The fraction of sp³-hybridized carbons (Fsp3) is 0.647. The molecule has 4 heteroatoms. The van der Waals surface area contributed by atoms with E-state index in [-0.39, 0.29) is 18.2 Å². The number of benzene rings is 1. The second-order valence-electron chi connectivity index (χ2n) is 6.36. The molecule has 3 N–H and O–H groups in total. The minimum atomic E-state index is -0.227. The lowest BCUT2D eigenvalue weighted by atomic mass is 9.90. The first-order chi connectivity index (χ1) is 10.0. The summed E-state index contributed by atoms with van der Waals surface area (Å²) in [5.41, 5.74) is 7.03. The molecule has 0 bridgehead atoms. The van der Waals surface area contributed by atoms with E-state index in [1.807, 2.05) is 18.2 Å². The molecule has 0 radical (unpaired) electrons. The Hall–Kier alpha value is -1.26. The molecule has 1 atom stereocenters. The lowest BCUT2D eigenvalue weighted by Crippen LogP contribution is -2.37. The van der Waals surface area contributed by atoms with Gasteiger partial charge in [0.05, 0.1) is 6.61 Å².